The first kappa shape index (κ1) is 17.2. The molecule has 0 spiro atoms. The molecule has 0 bridgehead atoms. The smallest absolute Gasteiger partial charge is 0.261 e. The maximum absolute atomic E-state index is 12.0. The second-order valence-electron chi connectivity index (χ2n) is 5.02. The minimum atomic E-state index is 0.0500. The van der Waals surface area contributed by atoms with Gasteiger partial charge in [0.05, 0.1) is 4.88 Å². The van der Waals surface area contributed by atoms with Gasteiger partial charge in [-0.25, -0.2) is 0 Å². The Kier molecular flexibility index (Phi) is 8.54. The van der Waals surface area contributed by atoms with Crippen molar-refractivity contribution in [3.05, 3.63) is 21.4 Å². The molecule has 3 nitrogen and oxygen atoms in total. The molecule has 0 atom stereocenters. The first-order chi connectivity index (χ1) is 9.69. The van der Waals surface area contributed by atoms with Crippen molar-refractivity contribution in [2.24, 2.45) is 0 Å². The maximum atomic E-state index is 12.0. The minimum absolute atomic E-state index is 0.0500. The molecule has 114 valence electrons. The second-order valence-corrected chi connectivity index (χ2v) is 6.27. The molecule has 1 heterocycles. The Labute approximate surface area is 126 Å². The van der Waals surface area contributed by atoms with Crippen LogP contribution in [0.5, 0.6) is 0 Å². The second kappa shape index (κ2) is 9.94. The number of carbonyl (C=O) groups excluding carboxylic acids is 1. The number of ether oxygens (including phenoxy) is 1. The number of rotatable bonds is 10. The third-order valence-corrected chi connectivity index (χ3v) is 4.25. The molecule has 0 radical (unpaired) electrons. The lowest BCUT2D eigenvalue weighted by atomic mass is 10.1. The number of aryl methyl sites for hydroxylation is 2. The summed E-state index contributed by atoms with van der Waals surface area (Å²) in [5.74, 6) is 0.0500. The summed E-state index contributed by atoms with van der Waals surface area (Å²) in [4.78, 5) is 14.1. The molecule has 20 heavy (non-hydrogen) atoms. The lowest BCUT2D eigenvalue weighted by molar-refractivity contribution is 0.0944. The molecular formula is C16H27NO2S. The Balaban J connectivity index is 2.24. The first-order valence-electron chi connectivity index (χ1n) is 7.64. The molecule has 0 fully saturated rings. The fourth-order valence-electron chi connectivity index (χ4n) is 1.96. The number of thiophene rings is 1. The van der Waals surface area contributed by atoms with E-state index in [1.165, 1.54) is 10.4 Å². The van der Waals surface area contributed by atoms with E-state index in [4.69, 9.17) is 4.74 Å². The van der Waals surface area contributed by atoms with Gasteiger partial charge >= 0.3 is 0 Å². The summed E-state index contributed by atoms with van der Waals surface area (Å²) in [5, 5.41) is 2.96. The van der Waals surface area contributed by atoms with E-state index in [0.717, 1.165) is 50.2 Å². The number of hydrogen-bond acceptors (Lipinski definition) is 3. The summed E-state index contributed by atoms with van der Waals surface area (Å²) in [6.07, 6.45) is 5.33. The van der Waals surface area contributed by atoms with Crippen molar-refractivity contribution in [2.75, 3.05) is 19.8 Å². The Morgan fingerprint density at radius 3 is 2.70 bits per heavy atom. The third-order valence-electron chi connectivity index (χ3n) is 3.16. The van der Waals surface area contributed by atoms with Crippen molar-refractivity contribution in [1.82, 2.24) is 5.32 Å². The van der Waals surface area contributed by atoms with Gasteiger partial charge in [-0.15, -0.1) is 11.3 Å². The fraction of sp³-hybridized carbons (Fsp3) is 0.688. The van der Waals surface area contributed by atoms with Gasteiger partial charge in [0.2, 0.25) is 0 Å². The van der Waals surface area contributed by atoms with E-state index >= 15 is 0 Å². The Morgan fingerprint density at radius 1 is 1.25 bits per heavy atom. The van der Waals surface area contributed by atoms with E-state index < -0.39 is 0 Å². The summed E-state index contributed by atoms with van der Waals surface area (Å²) in [6, 6.07) is 2.04. The zero-order chi connectivity index (χ0) is 14.8. The normalized spacial score (nSPS) is 10.8. The van der Waals surface area contributed by atoms with Gasteiger partial charge in [0, 0.05) is 24.6 Å². The van der Waals surface area contributed by atoms with Gasteiger partial charge in [-0.3, -0.25) is 4.79 Å². The van der Waals surface area contributed by atoms with E-state index in [1.807, 2.05) is 6.07 Å². The van der Waals surface area contributed by atoms with Crippen molar-refractivity contribution in [3.8, 4) is 0 Å². The van der Waals surface area contributed by atoms with Crippen molar-refractivity contribution in [1.29, 1.82) is 0 Å². The molecule has 1 amide bonds. The van der Waals surface area contributed by atoms with Crippen LogP contribution in [0.1, 0.15) is 59.6 Å². The Morgan fingerprint density at radius 2 is 2.00 bits per heavy atom. The van der Waals surface area contributed by atoms with Crippen molar-refractivity contribution < 1.29 is 9.53 Å². The van der Waals surface area contributed by atoms with Crippen LogP contribution in [0.15, 0.2) is 6.07 Å². The Hall–Kier alpha value is -0.870. The predicted octanol–water partition coefficient (Wildman–Crippen LogP) is 3.95. The predicted molar refractivity (Wildman–Crippen MR) is 85.7 cm³/mol. The third kappa shape index (κ3) is 6.06. The van der Waals surface area contributed by atoms with Crippen LogP contribution in [-0.4, -0.2) is 25.7 Å². The summed E-state index contributed by atoms with van der Waals surface area (Å²) in [5.41, 5.74) is 1.31. The minimum Gasteiger partial charge on any atom is -0.381 e. The highest BCUT2D eigenvalue weighted by molar-refractivity contribution is 7.14. The van der Waals surface area contributed by atoms with Gasteiger partial charge in [-0.05, 0) is 37.8 Å². The summed E-state index contributed by atoms with van der Waals surface area (Å²) >= 11 is 1.59. The van der Waals surface area contributed by atoms with Crippen LogP contribution in [0.4, 0.5) is 0 Å². The number of carbonyl (C=O) groups is 1. The highest BCUT2D eigenvalue weighted by Crippen LogP contribution is 2.22. The largest absolute Gasteiger partial charge is 0.381 e. The first-order valence-corrected chi connectivity index (χ1v) is 8.45. The standard InChI is InChI=1S/C16H27NO2S/c1-4-6-10-19-11-7-9-17-16(18)15-12-14(8-5-2)13(3)20-15/h12H,4-11H2,1-3H3,(H,17,18). The average molecular weight is 297 g/mol. The molecular weight excluding hydrogens is 270 g/mol. The van der Waals surface area contributed by atoms with Crippen LogP contribution in [0.2, 0.25) is 0 Å². The number of unbranched alkanes of at least 4 members (excludes halogenated alkanes) is 1. The van der Waals surface area contributed by atoms with Crippen LogP contribution in [0.25, 0.3) is 0 Å². The molecule has 1 N–H and O–H groups in total. The van der Waals surface area contributed by atoms with Gasteiger partial charge in [-0.1, -0.05) is 26.7 Å². The van der Waals surface area contributed by atoms with Gasteiger partial charge in [0.15, 0.2) is 0 Å². The van der Waals surface area contributed by atoms with E-state index in [1.54, 1.807) is 11.3 Å². The van der Waals surface area contributed by atoms with Crippen molar-refractivity contribution >= 4 is 17.2 Å². The molecule has 0 aromatic carbocycles. The quantitative estimate of drug-likeness (QED) is 0.664. The maximum Gasteiger partial charge on any atom is 0.261 e. The number of nitrogens with one attached hydrogen (secondary N) is 1. The summed E-state index contributed by atoms with van der Waals surface area (Å²) in [6.45, 7) is 8.65. The Bertz CT molecular complexity index is 401. The topological polar surface area (TPSA) is 38.3 Å². The number of amides is 1. The zero-order valence-electron chi connectivity index (χ0n) is 13.0. The molecule has 0 aliphatic carbocycles. The molecule has 0 saturated heterocycles. The summed E-state index contributed by atoms with van der Waals surface area (Å²) in [7, 11) is 0. The average Bonchev–Trinajstić information content (AvgIpc) is 2.80. The van der Waals surface area contributed by atoms with Crippen LogP contribution in [-0.2, 0) is 11.2 Å². The van der Waals surface area contributed by atoms with Gasteiger partial charge in [-0.2, -0.15) is 0 Å². The van der Waals surface area contributed by atoms with E-state index in [2.05, 4.69) is 26.1 Å². The van der Waals surface area contributed by atoms with Crippen molar-refractivity contribution in [2.45, 2.75) is 52.9 Å². The fourth-order valence-corrected chi connectivity index (χ4v) is 2.95. The van der Waals surface area contributed by atoms with Crippen LogP contribution in [0.3, 0.4) is 0 Å². The van der Waals surface area contributed by atoms with Gasteiger partial charge < -0.3 is 10.1 Å². The SMILES string of the molecule is CCCCOCCCNC(=O)c1cc(CCC)c(C)s1. The van der Waals surface area contributed by atoms with E-state index in [-0.39, 0.29) is 5.91 Å². The van der Waals surface area contributed by atoms with Crippen molar-refractivity contribution in [3.63, 3.8) is 0 Å². The van der Waals surface area contributed by atoms with Gasteiger partial charge in [0.25, 0.3) is 5.91 Å². The molecule has 0 saturated carbocycles. The van der Waals surface area contributed by atoms with Crippen LogP contribution in [0, 0.1) is 6.92 Å². The zero-order valence-corrected chi connectivity index (χ0v) is 13.8. The lowest BCUT2D eigenvalue weighted by Gasteiger charge is -2.04. The molecule has 1 rings (SSSR count). The van der Waals surface area contributed by atoms with Gasteiger partial charge in [0.1, 0.15) is 0 Å². The highest BCUT2D eigenvalue weighted by Gasteiger charge is 2.11. The van der Waals surface area contributed by atoms with Crippen LogP contribution >= 0.6 is 11.3 Å². The molecule has 0 unspecified atom stereocenters. The molecule has 1 aromatic heterocycles. The van der Waals surface area contributed by atoms with Crippen LogP contribution < -0.4 is 5.32 Å². The van der Waals surface area contributed by atoms with E-state index in [9.17, 15) is 4.79 Å². The monoisotopic (exact) mass is 297 g/mol. The molecule has 0 aliphatic rings. The molecule has 0 aliphatic heterocycles. The lowest BCUT2D eigenvalue weighted by Crippen LogP contribution is -2.24. The highest BCUT2D eigenvalue weighted by atomic mass is 32.1. The summed E-state index contributed by atoms with van der Waals surface area (Å²) < 4.78 is 5.47. The number of hydrogen-bond donors (Lipinski definition) is 1. The molecule has 4 heteroatoms. The van der Waals surface area contributed by atoms with E-state index in [0.29, 0.717) is 6.54 Å². The molecule has 1 aromatic rings.